The van der Waals surface area contributed by atoms with Gasteiger partial charge in [-0.05, 0) is 69.8 Å². The van der Waals surface area contributed by atoms with Gasteiger partial charge in [-0.3, -0.25) is 9.88 Å². The highest BCUT2D eigenvalue weighted by Gasteiger charge is 2.26. The molecule has 1 N–H and O–H groups in total. The lowest BCUT2D eigenvalue weighted by molar-refractivity contribution is 0.171. The van der Waals surface area contributed by atoms with E-state index < -0.39 is 0 Å². The molecule has 1 aliphatic heterocycles. The smallest absolute Gasteiger partial charge is 0.0607 e. The zero-order valence-electron chi connectivity index (χ0n) is 11.9. The van der Waals surface area contributed by atoms with Crippen molar-refractivity contribution in [2.75, 3.05) is 26.7 Å². The lowest BCUT2D eigenvalue weighted by Gasteiger charge is -2.35. The number of aromatic nitrogens is 1. The largest absolute Gasteiger partial charge is 0.316 e. The van der Waals surface area contributed by atoms with Crippen molar-refractivity contribution in [1.82, 2.24) is 15.2 Å². The Hall–Kier alpha value is -0.930. The van der Waals surface area contributed by atoms with Crippen molar-refractivity contribution in [2.45, 2.75) is 38.1 Å². The van der Waals surface area contributed by atoms with E-state index in [1.54, 1.807) is 0 Å². The summed E-state index contributed by atoms with van der Waals surface area (Å²) in [6.45, 7) is 3.59. The predicted octanol–water partition coefficient (Wildman–Crippen LogP) is 2.39. The van der Waals surface area contributed by atoms with Crippen LogP contribution < -0.4 is 5.32 Å². The number of nitrogens with one attached hydrogen (secondary N) is 1. The predicted molar refractivity (Wildman–Crippen MR) is 78.1 cm³/mol. The number of pyridine rings is 1. The van der Waals surface area contributed by atoms with Crippen LogP contribution in [-0.2, 0) is 6.42 Å². The summed E-state index contributed by atoms with van der Waals surface area (Å²) in [6, 6.07) is 4.86. The SMILES string of the molecule is CN(CC1CCCNC1)[C@H]1CCCc2cccnc21. The number of hydrogen-bond acceptors (Lipinski definition) is 3. The fraction of sp³-hybridized carbons (Fsp3) is 0.688. The number of hydrogen-bond donors (Lipinski definition) is 1. The molecule has 3 heteroatoms. The molecule has 0 bridgehead atoms. The van der Waals surface area contributed by atoms with Gasteiger partial charge in [0.25, 0.3) is 0 Å². The van der Waals surface area contributed by atoms with E-state index in [1.165, 1.54) is 63.0 Å². The van der Waals surface area contributed by atoms with Crippen molar-refractivity contribution in [3.63, 3.8) is 0 Å². The zero-order chi connectivity index (χ0) is 13.1. The van der Waals surface area contributed by atoms with Crippen molar-refractivity contribution in [1.29, 1.82) is 0 Å². The summed E-state index contributed by atoms with van der Waals surface area (Å²) in [5, 5.41) is 3.52. The fourth-order valence-corrected chi connectivity index (χ4v) is 3.63. The summed E-state index contributed by atoms with van der Waals surface area (Å²) in [5.74, 6) is 0.813. The van der Waals surface area contributed by atoms with E-state index >= 15 is 0 Å². The second-order valence-electron chi connectivity index (χ2n) is 6.11. The Kier molecular flexibility index (Phi) is 4.14. The van der Waals surface area contributed by atoms with Crippen LogP contribution >= 0.6 is 0 Å². The monoisotopic (exact) mass is 259 g/mol. The summed E-state index contributed by atoms with van der Waals surface area (Å²) in [5.41, 5.74) is 2.80. The molecule has 1 unspecified atom stereocenters. The van der Waals surface area contributed by atoms with E-state index in [-0.39, 0.29) is 0 Å². The van der Waals surface area contributed by atoms with E-state index in [9.17, 15) is 0 Å². The third-order valence-corrected chi connectivity index (χ3v) is 4.64. The van der Waals surface area contributed by atoms with Gasteiger partial charge in [-0.1, -0.05) is 6.07 Å². The summed E-state index contributed by atoms with van der Waals surface area (Å²) in [6.07, 6.45) is 8.43. The summed E-state index contributed by atoms with van der Waals surface area (Å²) < 4.78 is 0. The quantitative estimate of drug-likeness (QED) is 0.903. The molecule has 104 valence electrons. The van der Waals surface area contributed by atoms with Gasteiger partial charge in [0, 0.05) is 12.7 Å². The standard InChI is InChI=1S/C16H25N3/c1-19(12-13-5-3-9-17-11-13)15-8-2-6-14-7-4-10-18-16(14)15/h4,7,10,13,15,17H,2-3,5-6,8-9,11-12H2,1H3/t13?,15-/m0/s1. The molecule has 1 aliphatic carbocycles. The fourth-order valence-electron chi connectivity index (χ4n) is 3.63. The summed E-state index contributed by atoms with van der Waals surface area (Å²) in [4.78, 5) is 7.20. The van der Waals surface area contributed by atoms with E-state index in [0.717, 1.165) is 5.92 Å². The van der Waals surface area contributed by atoms with Crippen LogP contribution in [0.4, 0.5) is 0 Å². The molecule has 1 aromatic heterocycles. The van der Waals surface area contributed by atoms with Crippen LogP contribution in [0.2, 0.25) is 0 Å². The van der Waals surface area contributed by atoms with Crippen LogP contribution in [0.15, 0.2) is 18.3 Å². The van der Waals surface area contributed by atoms with Gasteiger partial charge in [-0.25, -0.2) is 0 Å². The maximum Gasteiger partial charge on any atom is 0.0607 e. The van der Waals surface area contributed by atoms with Crippen LogP contribution in [0.5, 0.6) is 0 Å². The molecule has 1 fully saturated rings. The minimum atomic E-state index is 0.534. The Bertz CT molecular complexity index is 412. The summed E-state index contributed by atoms with van der Waals surface area (Å²) in [7, 11) is 2.28. The number of aryl methyl sites for hydroxylation is 1. The average Bonchev–Trinajstić information content (AvgIpc) is 2.47. The van der Waals surface area contributed by atoms with Gasteiger partial charge in [-0.2, -0.15) is 0 Å². The molecule has 1 aromatic rings. The van der Waals surface area contributed by atoms with Crippen LogP contribution in [0.1, 0.15) is 43.0 Å². The van der Waals surface area contributed by atoms with E-state index in [4.69, 9.17) is 0 Å². The second-order valence-corrected chi connectivity index (χ2v) is 6.11. The third-order valence-electron chi connectivity index (χ3n) is 4.64. The maximum atomic E-state index is 4.66. The molecule has 3 rings (SSSR count). The molecule has 0 radical (unpaired) electrons. The van der Waals surface area contributed by atoms with Gasteiger partial charge < -0.3 is 5.32 Å². The Labute approximate surface area is 116 Å². The van der Waals surface area contributed by atoms with Crippen molar-refractivity contribution in [3.05, 3.63) is 29.6 Å². The molecule has 0 spiro atoms. The van der Waals surface area contributed by atoms with Crippen molar-refractivity contribution in [3.8, 4) is 0 Å². The van der Waals surface area contributed by atoms with E-state index in [2.05, 4.69) is 34.4 Å². The zero-order valence-corrected chi connectivity index (χ0v) is 11.9. The highest BCUT2D eigenvalue weighted by atomic mass is 15.1. The normalized spacial score (nSPS) is 27.3. The van der Waals surface area contributed by atoms with Gasteiger partial charge in [0.1, 0.15) is 0 Å². The third kappa shape index (κ3) is 2.98. The highest BCUT2D eigenvalue weighted by molar-refractivity contribution is 5.25. The van der Waals surface area contributed by atoms with Crippen molar-refractivity contribution < 1.29 is 0 Å². The average molecular weight is 259 g/mol. The molecule has 19 heavy (non-hydrogen) atoms. The van der Waals surface area contributed by atoms with Crippen LogP contribution in [-0.4, -0.2) is 36.6 Å². The number of fused-ring (bicyclic) bond motifs is 1. The molecule has 2 atom stereocenters. The Morgan fingerprint density at radius 3 is 3.16 bits per heavy atom. The molecule has 2 heterocycles. The Morgan fingerprint density at radius 1 is 1.37 bits per heavy atom. The molecule has 0 aromatic carbocycles. The first-order valence-electron chi connectivity index (χ1n) is 7.69. The molecule has 2 aliphatic rings. The van der Waals surface area contributed by atoms with Gasteiger partial charge in [0.05, 0.1) is 11.7 Å². The topological polar surface area (TPSA) is 28.2 Å². The molecular weight excluding hydrogens is 234 g/mol. The molecular formula is C16H25N3. The minimum absolute atomic E-state index is 0.534. The molecule has 3 nitrogen and oxygen atoms in total. The van der Waals surface area contributed by atoms with Gasteiger partial charge in [-0.15, -0.1) is 0 Å². The minimum Gasteiger partial charge on any atom is -0.316 e. The lowest BCUT2D eigenvalue weighted by atomic mass is 9.90. The number of nitrogens with zero attached hydrogens (tertiary/aromatic N) is 2. The van der Waals surface area contributed by atoms with Gasteiger partial charge in [0.15, 0.2) is 0 Å². The van der Waals surface area contributed by atoms with Crippen LogP contribution in [0, 0.1) is 5.92 Å². The van der Waals surface area contributed by atoms with Gasteiger partial charge in [0.2, 0.25) is 0 Å². The Balaban J connectivity index is 1.68. The number of piperidine rings is 1. The van der Waals surface area contributed by atoms with Gasteiger partial charge >= 0.3 is 0 Å². The summed E-state index contributed by atoms with van der Waals surface area (Å²) >= 11 is 0. The van der Waals surface area contributed by atoms with Crippen molar-refractivity contribution in [2.24, 2.45) is 5.92 Å². The molecule has 0 saturated carbocycles. The molecule has 0 amide bonds. The second kappa shape index (κ2) is 6.02. The first kappa shape index (κ1) is 13.1. The Morgan fingerprint density at radius 2 is 2.32 bits per heavy atom. The van der Waals surface area contributed by atoms with Crippen LogP contribution in [0.25, 0.3) is 0 Å². The number of rotatable bonds is 3. The van der Waals surface area contributed by atoms with Crippen LogP contribution in [0.3, 0.4) is 0 Å². The first-order valence-corrected chi connectivity index (χ1v) is 7.69. The van der Waals surface area contributed by atoms with E-state index in [0.29, 0.717) is 6.04 Å². The van der Waals surface area contributed by atoms with Crippen molar-refractivity contribution >= 4 is 0 Å². The molecule has 1 saturated heterocycles. The highest BCUT2D eigenvalue weighted by Crippen LogP contribution is 2.32. The van der Waals surface area contributed by atoms with E-state index in [1.807, 2.05) is 6.20 Å². The maximum absolute atomic E-state index is 4.66. The lowest BCUT2D eigenvalue weighted by Crippen LogP contribution is -2.39. The first-order chi connectivity index (χ1) is 9.34.